The topological polar surface area (TPSA) is 85.4 Å². The lowest BCUT2D eigenvalue weighted by Gasteiger charge is -2.28. The van der Waals surface area contributed by atoms with Gasteiger partial charge in [0.15, 0.2) is 0 Å². The zero-order valence-corrected chi connectivity index (χ0v) is 14.1. The highest BCUT2D eigenvalue weighted by atomic mass is 16.3. The molecular weight excluding hydrogens is 318 g/mol. The van der Waals surface area contributed by atoms with E-state index in [1.165, 1.54) is 12.8 Å². The maximum Gasteiger partial charge on any atom is 0.261 e. The highest BCUT2D eigenvalue weighted by Gasteiger charge is 2.39. The van der Waals surface area contributed by atoms with Gasteiger partial charge in [0, 0.05) is 11.6 Å². The summed E-state index contributed by atoms with van der Waals surface area (Å²) >= 11 is 0. The van der Waals surface area contributed by atoms with E-state index in [0.29, 0.717) is 5.52 Å². The van der Waals surface area contributed by atoms with E-state index in [0.717, 1.165) is 31.3 Å². The number of para-hydroxylation sites is 1. The number of nitrogens with one attached hydrogen (secondary N) is 2. The van der Waals surface area contributed by atoms with Crippen molar-refractivity contribution in [2.24, 2.45) is 0 Å². The number of carbonyl (C=O) groups excluding carboxylic acids is 1. The van der Waals surface area contributed by atoms with Gasteiger partial charge < -0.3 is 15.4 Å². The second-order valence-corrected chi connectivity index (χ2v) is 7.06. The van der Waals surface area contributed by atoms with Crippen molar-refractivity contribution in [2.75, 3.05) is 13.1 Å². The minimum atomic E-state index is -0.582. The van der Waals surface area contributed by atoms with Crippen LogP contribution in [-0.4, -0.2) is 52.2 Å². The fourth-order valence-electron chi connectivity index (χ4n) is 4.15. The largest absolute Gasteiger partial charge is 0.389 e. The Balaban J connectivity index is 1.50. The van der Waals surface area contributed by atoms with E-state index in [9.17, 15) is 14.7 Å². The van der Waals surface area contributed by atoms with E-state index in [2.05, 4.69) is 15.2 Å². The lowest BCUT2D eigenvalue weighted by Crippen LogP contribution is -2.48. The molecule has 2 aliphatic rings. The first-order chi connectivity index (χ1) is 12.1. The molecule has 1 saturated heterocycles. The molecule has 1 aliphatic carbocycles. The normalized spacial score (nSPS) is 27.0. The van der Waals surface area contributed by atoms with E-state index in [-0.39, 0.29) is 17.6 Å². The van der Waals surface area contributed by atoms with Crippen molar-refractivity contribution in [2.45, 2.75) is 43.9 Å². The van der Waals surface area contributed by atoms with Gasteiger partial charge in [-0.1, -0.05) is 18.2 Å². The third-order valence-corrected chi connectivity index (χ3v) is 5.50. The zero-order valence-electron chi connectivity index (χ0n) is 14.1. The summed E-state index contributed by atoms with van der Waals surface area (Å²) in [6, 6.07) is 8.79. The SMILES string of the molecule is O=C(N[C@@H]1CC[C@@H](N2CCCC2)[C@@H]1O)c1cc2ccccc2[nH]c1=O. The van der Waals surface area contributed by atoms with E-state index >= 15 is 0 Å². The van der Waals surface area contributed by atoms with Crippen molar-refractivity contribution in [3.63, 3.8) is 0 Å². The standard InChI is InChI=1S/C19H23N3O3/c23-17-15(7-8-16(17)22-9-3-4-10-22)21-19(25)13-11-12-5-1-2-6-14(12)20-18(13)24/h1-2,5-6,11,15-17,23H,3-4,7-10H2,(H,20,24)(H,21,25)/t15-,16-,17-/m1/s1. The monoisotopic (exact) mass is 341 g/mol. The molecule has 2 aromatic rings. The van der Waals surface area contributed by atoms with Gasteiger partial charge in [0.25, 0.3) is 11.5 Å². The maximum absolute atomic E-state index is 12.6. The average molecular weight is 341 g/mol. The predicted molar refractivity (Wildman–Crippen MR) is 95.7 cm³/mol. The number of carbonyl (C=O) groups is 1. The number of aromatic amines is 1. The Hall–Kier alpha value is -2.18. The molecule has 2 heterocycles. The van der Waals surface area contributed by atoms with E-state index in [1.54, 1.807) is 12.1 Å². The number of rotatable bonds is 3. The smallest absolute Gasteiger partial charge is 0.261 e. The highest BCUT2D eigenvalue weighted by Crippen LogP contribution is 2.27. The van der Waals surface area contributed by atoms with Gasteiger partial charge in [-0.15, -0.1) is 0 Å². The fraction of sp³-hybridized carbons (Fsp3) is 0.474. The van der Waals surface area contributed by atoms with Gasteiger partial charge in [0.1, 0.15) is 5.56 Å². The molecule has 1 amide bonds. The van der Waals surface area contributed by atoms with Gasteiger partial charge in [-0.05, 0) is 56.3 Å². The Morgan fingerprint density at radius 2 is 1.96 bits per heavy atom. The van der Waals surface area contributed by atoms with Crippen molar-refractivity contribution in [3.05, 3.63) is 46.2 Å². The van der Waals surface area contributed by atoms with E-state index in [4.69, 9.17) is 0 Å². The first-order valence-electron chi connectivity index (χ1n) is 8.98. The lowest BCUT2D eigenvalue weighted by atomic mass is 10.1. The van der Waals surface area contributed by atoms with Crippen LogP contribution in [0.25, 0.3) is 10.9 Å². The first-order valence-corrected chi connectivity index (χ1v) is 8.98. The molecule has 0 radical (unpaired) electrons. The summed E-state index contributed by atoms with van der Waals surface area (Å²) in [5.74, 6) is -0.418. The molecule has 1 aromatic heterocycles. The maximum atomic E-state index is 12.6. The third kappa shape index (κ3) is 3.07. The Labute approximate surface area is 145 Å². The summed E-state index contributed by atoms with van der Waals surface area (Å²) < 4.78 is 0. The summed E-state index contributed by atoms with van der Waals surface area (Å²) in [6.45, 7) is 2.04. The number of benzene rings is 1. The van der Waals surface area contributed by atoms with Gasteiger partial charge >= 0.3 is 0 Å². The number of H-pyrrole nitrogens is 1. The number of hydrogen-bond donors (Lipinski definition) is 3. The number of aromatic nitrogens is 1. The van der Waals surface area contributed by atoms with Gasteiger partial charge in [0.2, 0.25) is 0 Å². The lowest BCUT2D eigenvalue weighted by molar-refractivity contribution is 0.0619. The molecule has 0 spiro atoms. The fourth-order valence-corrected chi connectivity index (χ4v) is 4.15. The zero-order chi connectivity index (χ0) is 17.4. The van der Waals surface area contributed by atoms with Crippen molar-refractivity contribution in [1.82, 2.24) is 15.2 Å². The molecule has 1 saturated carbocycles. The number of pyridine rings is 1. The number of amides is 1. The van der Waals surface area contributed by atoms with Gasteiger partial charge in [-0.2, -0.15) is 0 Å². The predicted octanol–water partition coefficient (Wildman–Crippen LogP) is 1.25. The van der Waals surface area contributed by atoms with Crippen LogP contribution in [0, 0.1) is 0 Å². The Bertz CT molecular complexity index is 841. The molecule has 0 unspecified atom stereocenters. The minimum absolute atomic E-state index is 0.0931. The Morgan fingerprint density at radius 3 is 2.76 bits per heavy atom. The van der Waals surface area contributed by atoms with Crippen LogP contribution in [0.5, 0.6) is 0 Å². The number of aliphatic hydroxyl groups is 1. The number of aliphatic hydroxyl groups excluding tert-OH is 1. The number of nitrogens with zero attached hydrogens (tertiary/aromatic N) is 1. The molecule has 6 nitrogen and oxygen atoms in total. The van der Waals surface area contributed by atoms with E-state index in [1.807, 2.05) is 18.2 Å². The molecule has 3 atom stereocenters. The Kier molecular flexibility index (Phi) is 4.31. The van der Waals surface area contributed by atoms with Crippen LogP contribution in [0.2, 0.25) is 0 Å². The van der Waals surface area contributed by atoms with Crippen molar-refractivity contribution >= 4 is 16.8 Å². The summed E-state index contributed by atoms with van der Waals surface area (Å²) in [7, 11) is 0. The molecule has 1 aromatic carbocycles. The van der Waals surface area contributed by atoms with Gasteiger partial charge in [0.05, 0.1) is 12.1 Å². The van der Waals surface area contributed by atoms with Crippen LogP contribution in [-0.2, 0) is 0 Å². The number of likely N-dealkylation sites (tertiary alicyclic amines) is 1. The molecule has 3 N–H and O–H groups in total. The molecule has 0 bridgehead atoms. The van der Waals surface area contributed by atoms with Crippen LogP contribution in [0.4, 0.5) is 0 Å². The van der Waals surface area contributed by atoms with Gasteiger partial charge in [-0.3, -0.25) is 14.5 Å². The second kappa shape index (κ2) is 6.61. The summed E-state index contributed by atoms with van der Waals surface area (Å²) in [5.41, 5.74) is 0.398. The molecule has 132 valence electrons. The molecule has 6 heteroatoms. The number of fused-ring (bicyclic) bond motifs is 1. The summed E-state index contributed by atoms with van der Waals surface area (Å²) in [6.07, 6.45) is 3.38. The highest BCUT2D eigenvalue weighted by molar-refractivity contribution is 5.97. The third-order valence-electron chi connectivity index (χ3n) is 5.50. The van der Waals surface area contributed by atoms with Crippen LogP contribution in [0.15, 0.2) is 35.1 Å². The first kappa shape index (κ1) is 16.3. The van der Waals surface area contributed by atoms with Crippen molar-refractivity contribution in [1.29, 1.82) is 0 Å². The van der Waals surface area contributed by atoms with Crippen molar-refractivity contribution in [3.8, 4) is 0 Å². The van der Waals surface area contributed by atoms with E-state index < -0.39 is 17.6 Å². The van der Waals surface area contributed by atoms with Crippen molar-refractivity contribution < 1.29 is 9.90 Å². The molecule has 25 heavy (non-hydrogen) atoms. The van der Waals surface area contributed by atoms with Crippen LogP contribution >= 0.6 is 0 Å². The second-order valence-electron chi connectivity index (χ2n) is 7.06. The molecule has 1 aliphatic heterocycles. The van der Waals surface area contributed by atoms with Gasteiger partial charge in [-0.25, -0.2) is 0 Å². The molecular formula is C19H23N3O3. The molecule has 4 rings (SSSR count). The molecule has 2 fully saturated rings. The summed E-state index contributed by atoms with van der Waals surface area (Å²) in [4.78, 5) is 29.9. The number of hydrogen-bond acceptors (Lipinski definition) is 4. The van der Waals surface area contributed by atoms with Crippen LogP contribution in [0.3, 0.4) is 0 Å². The Morgan fingerprint density at radius 1 is 1.20 bits per heavy atom. The van der Waals surface area contributed by atoms with Crippen LogP contribution < -0.4 is 10.9 Å². The quantitative estimate of drug-likeness (QED) is 0.784. The summed E-state index contributed by atoms with van der Waals surface area (Å²) in [5, 5.41) is 14.3. The average Bonchev–Trinajstić information content (AvgIpc) is 3.25. The van der Waals surface area contributed by atoms with Crippen LogP contribution in [0.1, 0.15) is 36.0 Å². The minimum Gasteiger partial charge on any atom is -0.389 e.